The van der Waals surface area contributed by atoms with Crippen molar-refractivity contribution in [3.05, 3.63) is 53.5 Å². The van der Waals surface area contributed by atoms with Crippen LogP contribution in [-0.2, 0) is 6.54 Å². The first-order valence-corrected chi connectivity index (χ1v) is 11.1. The number of rotatable bonds is 5. The van der Waals surface area contributed by atoms with Crippen LogP contribution >= 0.6 is 0 Å². The molecule has 0 unspecified atom stereocenters. The van der Waals surface area contributed by atoms with Crippen LogP contribution in [0.2, 0.25) is 0 Å². The molecular weight excluding hydrogens is 408 g/mol. The summed E-state index contributed by atoms with van der Waals surface area (Å²) in [6.45, 7) is 2.41. The van der Waals surface area contributed by atoms with Crippen molar-refractivity contribution in [2.45, 2.75) is 44.4 Å². The molecule has 0 radical (unpaired) electrons. The fraction of sp³-hybridized carbons (Fsp3) is 0.391. The number of carbonyl (C=O) groups is 2. The first kappa shape index (κ1) is 19.2. The van der Waals surface area contributed by atoms with Crippen molar-refractivity contribution >= 4 is 23.1 Å². The molecular formula is C23H24N6O3. The molecule has 0 bridgehead atoms. The van der Waals surface area contributed by atoms with E-state index in [9.17, 15) is 9.59 Å². The third kappa shape index (κ3) is 3.38. The number of piperidine rings is 1. The minimum absolute atomic E-state index is 0.0530. The zero-order valence-electron chi connectivity index (χ0n) is 17.6. The van der Waals surface area contributed by atoms with Crippen molar-refractivity contribution in [2.75, 3.05) is 18.4 Å². The van der Waals surface area contributed by atoms with Gasteiger partial charge in [-0.15, -0.1) is 0 Å². The Balaban J connectivity index is 1.31. The third-order valence-electron chi connectivity index (χ3n) is 6.38. The van der Waals surface area contributed by atoms with Crippen molar-refractivity contribution in [3.63, 3.8) is 0 Å². The van der Waals surface area contributed by atoms with Gasteiger partial charge in [-0.05, 0) is 62.5 Å². The molecule has 6 rings (SSSR count). The monoisotopic (exact) mass is 432 g/mol. The molecule has 0 atom stereocenters. The maximum absolute atomic E-state index is 13.2. The zero-order chi connectivity index (χ0) is 21.7. The average molecular weight is 432 g/mol. The highest BCUT2D eigenvalue weighted by molar-refractivity contribution is 6.09. The van der Waals surface area contributed by atoms with Crippen LogP contribution in [0.4, 0.5) is 5.69 Å². The van der Waals surface area contributed by atoms with E-state index < -0.39 is 0 Å². The Morgan fingerprint density at radius 1 is 1.19 bits per heavy atom. The third-order valence-corrected chi connectivity index (χ3v) is 6.38. The molecule has 2 aliphatic heterocycles. The lowest BCUT2D eigenvalue weighted by molar-refractivity contribution is 0.0668. The van der Waals surface area contributed by atoms with Gasteiger partial charge in [-0.25, -0.2) is 9.50 Å². The van der Waals surface area contributed by atoms with Crippen LogP contribution in [0.25, 0.3) is 5.65 Å². The van der Waals surface area contributed by atoms with Crippen LogP contribution in [0.5, 0.6) is 5.75 Å². The van der Waals surface area contributed by atoms with Gasteiger partial charge in [0.1, 0.15) is 11.3 Å². The Morgan fingerprint density at radius 2 is 2.03 bits per heavy atom. The second-order valence-corrected chi connectivity index (χ2v) is 8.64. The van der Waals surface area contributed by atoms with Gasteiger partial charge >= 0.3 is 0 Å². The molecule has 2 fully saturated rings. The van der Waals surface area contributed by atoms with Gasteiger partial charge in [0.15, 0.2) is 5.65 Å². The van der Waals surface area contributed by atoms with E-state index >= 15 is 0 Å². The fourth-order valence-corrected chi connectivity index (χ4v) is 4.52. The van der Waals surface area contributed by atoms with Crippen molar-refractivity contribution < 1.29 is 14.3 Å². The molecule has 9 heteroatoms. The Kier molecular flexibility index (Phi) is 4.57. The lowest BCUT2D eigenvalue weighted by atomic mass is 10.1. The second-order valence-electron chi connectivity index (χ2n) is 8.64. The number of nitrogens with zero attached hydrogens (tertiary/aromatic N) is 4. The fourth-order valence-electron chi connectivity index (χ4n) is 4.52. The molecule has 1 aromatic carbocycles. The Labute approximate surface area is 184 Å². The summed E-state index contributed by atoms with van der Waals surface area (Å²) in [5.41, 5.74) is 3.05. The molecule has 2 N–H and O–H groups in total. The van der Waals surface area contributed by atoms with E-state index in [0.717, 1.165) is 44.3 Å². The number of hydrogen-bond donors (Lipinski definition) is 2. The predicted octanol–water partition coefficient (Wildman–Crippen LogP) is 2.23. The number of aromatic nitrogens is 3. The van der Waals surface area contributed by atoms with Gasteiger partial charge in [0.2, 0.25) is 0 Å². The largest absolute Gasteiger partial charge is 0.488 e. The number of anilines is 1. The van der Waals surface area contributed by atoms with Crippen LogP contribution in [0.3, 0.4) is 0 Å². The molecule has 0 spiro atoms. The van der Waals surface area contributed by atoms with Crippen LogP contribution in [0, 0.1) is 0 Å². The molecule has 164 valence electrons. The smallest absolute Gasteiger partial charge is 0.261 e. The summed E-state index contributed by atoms with van der Waals surface area (Å²) in [5, 5.41) is 10.5. The summed E-state index contributed by atoms with van der Waals surface area (Å²) in [6, 6.07) is 5.70. The first-order valence-electron chi connectivity index (χ1n) is 11.1. The number of carbonyl (C=O) groups excluding carboxylic acids is 2. The minimum atomic E-state index is -0.307. The summed E-state index contributed by atoms with van der Waals surface area (Å²) in [5.74, 6) is 0.292. The number of nitrogens with one attached hydrogen (secondary N) is 2. The van der Waals surface area contributed by atoms with Gasteiger partial charge in [0, 0.05) is 30.5 Å². The zero-order valence-corrected chi connectivity index (χ0v) is 17.6. The maximum atomic E-state index is 13.2. The number of amides is 2. The lowest BCUT2D eigenvalue weighted by Gasteiger charge is -2.31. The molecule has 1 aliphatic carbocycles. The Hall–Kier alpha value is -3.46. The standard InChI is InChI=1S/C23H24N6O3/c30-22(18-12-26-29-9-1-6-25-21(18)29)27-19-10-14-13-28(15-4-7-24-8-5-15)23(31)17(14)11-20(19)32-16-2-3-16/h1,6,9-12,15-16,24H,2-5,7-8,13H2,(H,27,30). The van der Waals surface area contributed by atoms with Gasteiger partial charge in [-0.3, -0.25) is 9.59 Å². The van der Waals surface area contributed by atoms with Gasteiger partial charge in [-0.1, -0.05) is 0 Å². The van der Waals surface area contributed by atoms with Gasteiger partial charge in [-0.2, -0.15) is 5.10 Å². The van der Waals surface area contributed by atoms with Crippen molar-refractivity contribution in [3.8, 4) is 5.75 Å². The summed E-state index contributed by atoms with van der Waals surface area (Å²) in [7, 11) is 0. The highest BCUT2D eigenvalue weighted by Crippen LogP contribution is 2.38. The van der Waals surface area contributed by atoms with E-state index in [1.807, 2.05) is 11.0 Å². The number of benzene rings is 1. The minimum Gasteiger partial charge on any atom is -0.488 e. The highest BCUT2D eigenvalue weighted by Gasteiger charge is 2.35. The Bertz CT molecular complexity index is 1210. The van der Waals surface area contributed by atoms with Gasteiger partial charge in [0.05, 0.1) is 18.0 Å². The first-order chi connectivity index (χ1) is 15.7. The van der Waals surface area contributed by atoms with Crippen LogP contribution in [-0.4, -0.2) is 56.5 Å². The molecule has 2 aromatic heterocycles. The molecule has 32 heavy (non-hydrogen) atoms. The van der Waals surface area contributed by atoms with Crippen LogP contribution < -0.4 is 15.4 Å². The summed E-state index contributed by atoms with van der Waals surface area (Å²) in [4.78, 5) is 32.5. The topological polar surface area (TPSA) is 101 Å². The molecule has 9 nitrogen and oxygen atoms in total. The normalized spacial score (nSPS) is 18.8. The van der Waals surface area contributed by atoms with E-state index in [4.69, 9.17) is 4.74 Å². The molecule has 2 amide bonds. The number of hydrogen-bond acceptors (Lipinski definition) is 6. The SMILES string of the molecule is O=C(Nc1cc2c(cc1OC1CC1)C(=O)N(C1CCNCC1)C2)c1cnn2cccnc12. The average Bonchev–Trinajstić information content (AvgIpc) is 3.44. The second kappa shape index (κ2) is 7.59. The molecule has 1 saturated carbocycles. The van der Waals surface area contributed by atoms with Crippen LogP contribution in [0.15, 0.2) is 36.8 Å². The van der Waals surface area contributed by atoms with Crippen molar-refractivity contribution in [1.29, 1.82) is 0 Å². The number of fused-ring (bicyclic) bond motifs is 2. The molecule has 4 heterocycles. The summed E-state index contributed by atoms with van der Waals surface area (Å²) in [6.07, 6.45) is 8.90. The summed E-state index contributed by atoms with van der Waals surface area (Å²) < 4.78 is 7.65. The molecule has 1 saturated heterocycles. The summed E-state index contributed by atoms with van der Waals surface area (Å²) >= 11 is 0. The van der Waals surface area contributed by atoms with E-state index in [-0.39, 0.29) is 24.0 Å². The number of ether oxygens (including phenoxy) is 1. The van der Waals surface area contributed by atoms with Gasteiger partial charge in [0.25, 0.3) is 11.8 Å². The highest BCUT2D eigenvalue weighted by atomic mass is 16.5. The van der Waals surface area contributed by atoms with E-state index in [1.54, 1.807) is 29.0 Å². The van der Waals surface area contributed by atoms with E-state index in [2.05, 4.69) is 20.7 Å². The maximum Gasteiger partial charge on any atom is 0.261 e. The van der Waals surface area contributed by atoms with Crippen molar-refractivity contribution in [1.82, 2.24) is 24.8 Å². The lowest BCUT2D eigenvalue weighted by Crippen LogP contribution is -2.43. The van der Waals surface area contributed by atoms with Crippen molar-refractivity contribution in [2.24, 2.45) is 0 Å². The Morgan fingerprint density at radius 3 is 2.84 bits per heavy atom. The predicted molar refractivity (Wildman–Crippen MR) is 117 cm³/mol. The van der Waals surface area contributed by atoms with Gasteiger partial charge < -0.3 is 20.3 Å². The molecule has 3 aliphatic rings. The van der Waals surface area contributed by atoms with E-state index in [0.29, 0.717) is 34.8 Å². The molecule has 3 aromatic rings. The van der Waals surface area contributed by atoms with E-state index in [1.165, 1.54) is 6.20 Å². The quantitative estimate of drug-likeness (QED) is 0.641. The van der Waals surface area contributed by atoms with Crippen LogP contribution in [0.1, 0.15) is 52.0 Å².